The van der Waals surface area contributed by atoms with Crippen molar-refractivity contribution in [1.29, 1.82) is 0 Å². The molecule has 3 aliphatic rings. The second kappa shape index (κ2) is 9.52. The molecule has 1 N–H and O–H groups in total. The van der Waals surface area contributed by atoms with Crippen LogP contribution < -0.4 is 10.1 Å². The van der Waals surface area contributed by atoms with Gasteiger partial charge in [-0.15, -0.1) is 0 Å². The summed E-state index contributed by atoms with van der Waals surface area (Å²) < 4.78 is 51.1. The number of nitrogens with one attached hydrogen (secondary N) is 1. The van der Waals surface area contributed by atoms with E-state index in [1.807, 2.05) is 4.90 Å². The number of hydrogen-bond acceptors (Lipinski definition) is 6. The monoisotopic (exact) mass is 470 g/mol. The Balaban J connectivity index is 1.38. The van der Waals surface area contributed by atoms with Crippen LogP contribution in [-0.4, -0.2) is 59.9 Å². The van der Waals surface area contributed by atoms with Crippen LogP contribution in [0.2, 0.25) is 0 Å². The molecule has 178 valence electrons. The largest absolute Gasteiger partial charge is 0.488 e. The number of nitrogens with zero attached hydrogens (tertiary/aromatic N) is 2. The molecule has 1 unspecified atom stereocenters. The summed E-state index contributed by atoms with van der Waals surface area (Å²) in [7, 11) is 0. The van der Waals surface area contributed by atoms with Gasteiger partial charge < -0.3 is 14.4 Å². The van der Waals surface area contributed by atoms with E-state index in [0.29, 0.717) is 43.2 Å². The van der Waals surface area contributed by atoms with Crippen LogP contribution in [-0.2, 0) is 34.0 Å². The first-order valence-corrected chi connectivity index (χ1v) is 11.2. The van der Waals surface area contributed by atoms with Gasteiger partial charge >= 0.3 is 0 Å². The number of benzene rings is 2. The summed E-state index contributed by atoms with van der Waals surface area (Å²) in [6.07, 6.45) is 0.366. The predicted molar refractivity (Wildman–Crippen MR) is 119 cm³/mol. The first-order valence-electron chi connectivity index (χ1n) is 12.7. The highest BCUT2D eigenvalue weighted by Crippen LogP contribution is 2.34. The van der Waals surface area contributed by atoms with Crippen molar-refractivity contribution in [3.8, 4) is 5.75 Å². The third-order valence-electron chi connectivity index (χ3n) is 6.29. The summed E-state index contributed by atoms with van der Waals surface area (Å²) in [6.45, 7) is 2.24. The van der Waals surface area contributed by atoms with Crippen LogP contribution in [0, 0.1) is 5.82 Å². The molecule has 2 aromatic carbocycles. The Kier molecular flexibility index (Phi) is 5.33. The van der Waals surface area contributed by atoms with E-state index >= 15 is 4.39 Å². The van der Waals surface area contributed by atoms with Crippen molar-refractivity contribution < 1.29 is 32.4 Å². The number of morpholine rings is 1. The summed E-state index contributed by atoms with van der Waals surface area (Å²) in [6, 6.07) is 2.99. The molecule has 3 aliphatic heterocycles. The lowest BCUT2D eigenvalue weighted by Crippen LogP contribution is -2.52. The van der Waals surface area contributed by atoms with Crippen LogP contribution in [0.15, 0.2) is 36.3 Å². The van der Waals surface area contributed by atoms with Crippen molar-refractivity contribution in [2.45, 2.75) is 38.6 Å². The highest BCUT2D eigenvalue weighted by molar-refractivity contribution is 6.05. The molecule has 2 saturated heterocycles. The summed E-state index contributed by atoms with van der Waals surface area (Å²) in [5, 5.41) is 2.26. The molecule has 0 aromatic heterocycles. The normalized spacial score (nSPS) is 22.1. The topological polar surface area (TPSA) is 88.2 Å². The minimum atomic E-state index is -0.977. The van der Waals surface area contributed by atoms with E-state index < -0.39 is 23.8 Å². The van der Waals surface area contributed by atoms with Crippen LogP contribution in [0.5, 0.6) is 5.75 Å². The number of rotatable bonds is 6. The first kappa shape index (κ1) is 19.1. The molecule has 34 heavy (non-hydrogen) atoms. The molecule has 2 aromatic rings. The van der Waals surface area contributed by atoms with Crippen molar-refractivity contribution in [1.82, 2.24) is 15.1 Å². The molecule has 0 bridgehead atoms. The number of amides is 3. The second-order valence-corrected chi connectivity index (χ2v) is 8.51. The lowest BCUT2D eigenvalue weighted by atomic mass is 10.0. The third kappa shape index (κ3) is 4.53. The number of halogens is 1. The molecule has 3 amide bonds. The quantitative estimate of drug-likeness (QED) is 0.650. The van der Waals surface area contributed by atoms with E-state index in [4.69, 9.17) is 13.6 Å². The molecule has 0 aliphatic carbocycles. The van der Waals surface area contributed by atoms with Crippen LogP contribution in [0.4, 0.5) is 4.39 Å². The van der Waals surface area contributed by atoms with Gasteiger partial charge in [0.05, 0.1) is 23.9 Å². The van der Waals surface area contributed by atoms with Crippen LogP contribution in [0.3, 0.4) is 0 Å². The fourth-order valence-corrected chi connectivity index (χ4v) is 4.48. The Morgan fingerprint density at radius 3 is 2.82 bits per heavy atom. The van der Waals surface area contributed by atoms with Gasteiger partial charge in [0.2, 0.25) is 11.8 Å². The number of fused-ring (bicyclic) bond motifs is 1. The molecular formula is C25H26FN3O5. The maximum atomic E-state index is 15.0. The van der Waals surface area contributed by atoms with E-state index in [-0.39, 0.29) is 67.6 Å². The molecule has 8 nitrogen and oxygen atoms in total. The zero-order valence-electron chi connectivity index (χ0n) is 21.5. The van der Waals surface area contributed by atoms with E-state index in [2.05, 4.69) is 5.32 Å². The number of hydrogen-bond donors (Lipinski definition) is 1. The van der Waals surface area contributed by atoms with Crippen LogP contribution >= 0.6 is 0 Å². The predicted octanol–water partition coefficient (Wildman–Crippen LogP) is 2.00. The second-order valence-electron chi connectivity index (χ2n) is 8.51. The molecule has 0 saturated carbocycles. The average molecular weight is 471 g/mol. The van der Waals surface area contributed by atoms with Gasteiger partial charge in [-0.25, -0.2) is 4.39 Å². The number of ether oxygens (including phenoxy) is 2. The van der Waals surface area contributed by atoms with Gasteiger partial charge in [0.15, 0.2) is 0 Å². The summed E-state index contributed by atoms with van der Waals surface area (Å²) in [5.41, 5.74) is 1.00. The number of carbonyl (C=O) groups is 3. The minimum Gasteiger partial charge on any atom is -0.488 e. The van der Waals surface area contributed by atoms with Gasteiger partial charge in [-0.05, 0) is 36.2 Å². The molecule has 1 atom stereocenters. The molecular weight excluding hydrogens is 441 g/mol. The van der Waals surface area contributed by atoms with E-state index in [1.165, 1.54) is 4.90 Å². The van der Waals surface area contributed by atoms with Crippen molar-refractivity contribution in [3.63, 3.8) is 0 Å². The molecule has 0 radical (unpaired) electrons. The molecule has 3 heterocycles. The highest BCUT2D eigenvalue weighted by Gasteiger charge is 2.40. The maximum Gasteiger partial charge on any atom is 0.255 e. The van der Waals surface area contributed by atoms with Gasteiger partial charge in [-0.3, -0.25) is 24.6 Å². The summed E-state index contributed by atoms with van der Waals surface area (Å²) in [4.78, 5) is 40.3. The van der Waals surface area contributed by atoms with Crippen LogP contribution in [0.25, 0.3) is 0 Å². The van der Waals surface area contributed by atoms with Gasteiger partial charge in [0, 0.05) is 42.7 Å². The number of piperidine rings is 1. The number of imide groups is 1. The standard InChI is InChI=1S/C25H26FN3O5/c26-20-5-4-16(13-28-8-10-33-11-9-28)12-17(20)15-34-22-3-1-2-18-19(22)14-29(25(18)32)21-6-7-23(30)27-24(21)31/h1-5,12,21H,6-11,13-15H2,(H,27,30,31)/i4D,5D,12D. The zero-order chi connectivity index (χ0) is 26.3. The summed E-state index contributed by atoms with van der Waals surface area (Å²) >= 11 is 0. The first-order chi connectivity index (χ1) is 17.8. The number of carbonyl (C=O) groups excluding carboxylic acids is 3. The smallest absolute Gasteiger partial charge is 0.255 e. The minimum absolute atomic E-state index is 0.0878. The van der Waals surface area contributed by atoms with Crippen molar-refractivity contribution >= 4 is 17.7 Å². The Hall–Kier alpha value is -3.30. The van der Waals surface area contributed by atoms with Crippen molar-refractivity contribution in [2.24, 2.45) is 0 Å². The molecule has 0 spiro atoms. The fourth-order valence-electron chi connectivity index (χ4n) is 4.48. The average Bonchev–Trinajstić information content (AvgIpc) is 3.23. The lowest BCUT2D eigenvalue weighted by molar-refractivity contribution is -0.136. The maximum absolute atomic E-state index is 15.0. The van der Waals surface area contributed by atoms with Gasteiger partial charge in [-0.2, -0.15) is 0 Å². The third-order valence-corrected chi connectivity index (χ3v) is 6.29. The molecule has 5 rings (SSSR count). The SMILES string of the molecule is [2H]c1c([2H])c(CN2CCOCC2)c([2H])c(COc2cccc3c2CN(C2CCC(=O)NC2=O)C3=O)c1F. The van der Waals surface area contributed by atoms with Gasteiger partial charge in [-0.1, -0.05) is 12.1 Å². The van der Waals surface area contributed by atoms with Crippen LogP contribution in [0.1, 0.15) is 44.0 Å². The van der Waals surface area contributed by atoms with E-state index in [9.17, 15) is 14.4 Å². The Morgan fingerprint density at radius 2 is 2.03 bits per heavy atom. The zero-order valence-corrected chi connectivity index (χ0v) is 18.5. The Bertz CT molecular complexity index is 1280. The van der Waals surface area contributed by atoms with Crippen molar-refractivity contribution in [2.75, 3.05) is 26.3 Å². The molecule has 2 fully saturated rings. The molecule has 9 heteroatoms. The van der Waals surface area contributed by atoms with Gasteiger partial charge in [0.25, 0.3) is 5.91 Å². The fraction of sp³-hybridized carbons (Fsp3) is 0.400. The highest BCUT2D eigenvalue weighted by atomic mass is 19.1. The Morgan fingerprint density at radius 1 is 1.21 bits per heavy atom. The van der Waals surface area contributed by atoms with E-state index in [1.54, 1.807) is 18.2 Å². The Labute approximate surface area is 200 Å². The van der Waals surface area contributed by atoms with E-state index in [0.717, 1.165) is 0 Å². The lowest BCUT2D eigenvalue weighted by Gasteiger charge is -2.29. The van der Waals surface area contributed by atoms with Gasteiger partial charge in [0.1, 0.15) is 24.2 Å². The van der Waals surface area contributed by atoms with Crippen molar-refractivity contribution in [3.05, 3.63) is 64.4 Å². The summed E-state index contributed by atoms with van der Waals surface area (Å²) in [5.74, 6) is -1.93.